The van der Waals surface area contributed by atoms with Crippen molar-refractivity contribution in [3.8, 4) is 0 Å². The third kappa shape index (κ3) is 5.54. The summed E-state index contributed by atoms with van der Waals surface area (Å²) < 4.78 is 5.44. The first-order valence-electron chi connectivity index (χ1n) is 11.6. The molecule has 1 aromatic heterocycles. The van der Waals surface area contributed by atoms with Gasteiger partial charge in [-0.15, -0.1) is 0 Å². The van der Waals surface area contributed by atoms with E-state index in [-0.39, 0.29) is 18.6 Å². The van der Waals surface area contributed by atoms with E-state index in [0.29, 0.717) is 11.4 Å². The molecule has 0 spiro atoms. The zero-order chi connectivity index (χ0) is 23.9. The zero-order valence-corrected chi connectivity index (χ0v) is 19.6. The number of hydrogen-bond acceptors (Lipinski definition) is 6. The summed E-state index contributed by atoms with van der Waals surface area (Å²) in [5.74, 6) is -0.187. The Morgan fingerprint density at radius 2 is 1.65 bits per heavy atom. The Balaban J connectivity index is 1.41. The average Bonchev–Trinajstić information content (AvgIpc) is 3.39. The smallest absolute Gasteiger partial charge is 0.342 e. The van der Waals surface area contributed by atoms with Gasteiger partial charge < -0.3 is 19.9 Å². The molecular formula is C27H30N4O3. The van der Waals surface area contributed by atoms with Crippen LogP contribution in [0.4, 0.5) is 22.9 Å². The molecule has 0 bridgehead atoms. The van der Waals surface area contributed by atoms with Crippen LogP contribution in [0.25, 0.3) is 0 Å². The number of amides is 1. The lowest BCUT2D eigenvalue weighted by Gasteiger charge is -2.27. The van der Waals surface area contributed by atoms with E-state index in [1.807, 2.05) is 68.4 Å². The summed E-state index contributed by atoms with van der Waals surface area (Å²) in [6, 6.07) is 20.8. The highest BCUT2D eigenvalue weighted by Crippen LogP contribution is 2.24. The summed E-state index contributed by atoms with van der Waals surface area (Å²) in [7, 11) is 0. The molecule has 0 aliphatic carbocycles. The van der Waals surface area contributed by atoms with Crippen LogP contribution < -0.4 is 15.1 Å². The van der Waals surface area contributed by atoms with Gasteiger partial charge in [-0.3, -0.25) is 4.79 Å². The van der Waals surface area contributed by atoms with Crippen molar-refractivity contribution < 1.29 is 14.3 Å². The molecule has 1 fully saturated rings. The van der Waals surface area contributed by atoms with Crippen molar-refractivity contribution in [1.29, 1.82) is 0 Å². The van der Waals surface area contributed by atoms with Crippen LogP contribution in [0.3, 0.4) is 0 Å². The fraction of sp³-hybridized carbons (Fsp3) is 0.296. The van der Waals surface area contributed by atoms with Crippen molar-refractivity contribution in [3.63, 3.8) is 0 Å². The van der Waals surface area contributed by atoms with E-state index in [1.54, 1.807) is 23.2 Å². The second-order valence-electron chi connectivity index (χ2n) is 8.54. The average molecular weight is 459 g/mol. The molecule has 1 saturated heterocycles. The maximum Gasteiger partial charge on any atom is 0.342 e. The molecule has 1 aliphatic rings. The van der Waals surface area contributed by atoms with Crippen molar-refractivity contribution in [2.24, 2.45) is 0 Å². The van der Waals surface area contributed by atoms with Crippen molar-refractivity contribution in [2.45, 2.75) is 32.7 Å². The van der Waals surface area contributed by atoms with Crippen LogP contribution in [0.15, 0.2) is 72.9 Å². The van der Waals surface area contributed by atoms with Gasteiger partial charge in [-0.25, -0.2) is 9.78 Å². The van der Waals surface area contributed by atoms with Crippen molar-refractivity contribution in [2.75, 3.05) is 34.8 Å². The second kappa shape index (κ2) is 10.8. The predicted octanol–water partition coefficient (Wildman–Crippen LogP) is 5.02. The molecule has 2 aromatic carbocycles. The maximum atomic E-state index is 13.0. The van der Waals surface area contributed by atoms with Crippen LogP contribution in [0, 0.1) is 0 Å². The standard InChI is InChI=1S/C27H30N4O3/c1-20(2)31(23-14-12-22(13-15-23)29-21-9-4-3-5-10-21)25(32)19-34-27(33)24-11-8-16-28-26(24)30-17-6-7-18-30/h3-5,8-16,20,29H,6-7,17-19H2,1-2H3. The van der Waals surface area contributed by atoms with Gasteiger partial charge in [-0.05, 0) is 75.2 Å². The number of ether oxygens (including phenoxy) is 1. The maximum absolute atomic E-state index is 13.0. The molecule has 4 rings (SSSR count). The minimum atomic E-state index is -0.533. The highest BCUT2D eigenvalue weighted by Gasteiger charge is 2.24. The number of hydrogen-bond donors (Lipinski definition) is 1. The summed E-state index contributed by atoms with van der Waals surface area (Å²) in [5, 5.41) is 3.33. The topological polar surface area (TPSA) is 74.8 Å². The highest BCUT2D eigenvalue weighted by molar-refractivity contribution is 5.99. The van der Waals surface area contributed by atoms with Crippen LogP contribution >= 0.6 is 0 Å². The second-order valence-corrected chi connectivity index (χ2v) is 8.54. The SMILES string of the molecule is CC(C)N(C(=O)COC(=O)c1cccnc1N1CCCC1)c1ccc(Nc2ccccc2)cc1. The van der Waals surface area contributed by atoms with Crippen molar-refractivity contribution in [3.05, 3.63) is 78.5 Å². The molecule has 0 unspecified atom stereocenters. The quantitative estimate of drug-likeness (QED) is 0.478. The molecule has 0 radical (unpaired) electrons. The van der Waals surface area contributed by atoms with Gasteiger partial charge in [0.25, 0.3) is 5.91 Å². The normalized spacial score (nSPS) is 13.1. The number of esters is 1. The molecule has 0 atom stereocenters. The molecular weight excluding hydrogens is 428 g/mol. The summed E-state index contributed by atoms with van der Waals surface area (Å²) in [6.45, 7) is 5.26. The lowest BCUT2D eigenvalue weighted by Crippen LogP contribution is -2.40. The Morgan fingerprint density at radius 1 is 0.971 bits per heavy atom. The first kappa shape index (κ1) is 23.3. The zero-order valence-electron chi connectivity index (χ0n) is 19.6. The van der Waals surface area contributed by atoms with Gasteiger partial charge in [-0.1, -0.05) is 18.2 Å². The van der Waals surface area contributed by atoms with E-state index in [4.69, 9.17) is 4.74 Å². The fourth-order valence-corrected chi connectivity index (χ4v) is 4.14. The number of nitrogens with zero attached hydrogens (tertiary/aromatic N) is 3. The molecule has 1 aliphatic heterocycles. The predicted molar refractivity (Wildman–Crippen MR) is 135 cm³/mol. The third-order valence-corrected chi connectivity index (χ3v) is 5.73. The van der Waals surface area contributed by atoms with E-state index >= 15 is 0 Å². The van der Waals surface area contributed by atoms with Crippen LogP contribution in [0.2, 0.25) is 0 Å². The summed E-state index contributed by atoms with van der Waals surface area (Å²) in [5.41, 5.74) is 3.05. The fourth-order valence-electron chi connectivity index (χ4n) is 4.14. The Bertz CT molecular complexity index is 1110. The van der Waals surface area contributed by atoms with E-state index in [2.05, 4.69) is 15.2 Å². The van der Waals surface area contributed by atoms with Gasteiger partial charge in [0, 0.05) is 42.4 Å². The lowest BCUT2D eigenvalue weighted by molar-refractivity contribution is -0.122. The number of benzene rings is 2. The van der Waals surface area contributed by atoms with Gasteiger partial charge in [0.2, 0.25) is 0 Å². The van der Waals surface area contributed by atoms with Gasteiger partial charge in [0.1, 0.15) is 11.4 Å². The lowest BCUT2D eigenvalue weighted by atomic mass is 10.2. The van der Waals surface area contributed by atoms with Crippen LogP contribution in [0.5, 0.6) is 0 Å². The van der Waals surface area contributed by atoms with Gasteiger partial charge in [0.05, 0.1) is 0 Å². The molecule has 1 N–H and O–H groups in total. The van der Waals surface area contributed by atoms with Crippen molar-refractivity contribution in [1.82, 2.24) is 4.98 Å². The number of carbonyl (C=O) groups excluding carboxylic acids is 2. The summed E-state index contributed by atoms with van der Waals surface area (Å²) >= 11 is 0. The summed E-state index contributed by atoms with van der Waals surface area (Å²) in [6.07, 6.45) is 3.82. The van der Waals surface area contributed by atoms with Crippen molar-refractivity contribution >= 4 is 34.8 Å². The Morgan fingerprint density at radius 3 is 2.32 bits per heavy atom. The monoisotopic (exact) mass is 458 g/mol. The van der Waals surface area contributed by atoms with Crippen LogP contribution in [-0.4, -0.2) is 42.6 Å². The molecule has 176 valence electrons. The number of anilines is 4. The van der Waals surface area contributed by atoms with Crippen LogP contribution in [-0.2, 0) is 9.53 Å². The number of rotatable bonds is 8. The molecule has 2 heterocycles. The molecule has 1 amide bonds. The minimum Gasteiger partial charge on any atom is -0.452 e. The molecule has 7 heteroatoms. The molecule has 34 heavy (non-hydrogen) atoms. The molecule has 7 nitrogen and oxygen atoms in total. The van der Waals surface area contributed by atoms with Gasteiger partial charge in [-0.2, -0.15) is 0 Å². The van der Waals surface area contributed by atoms with E-state index in [0.717, 1.165) is 43.0 Å². The van der Waals surface area contributed by atoms with Gasteiger partial charge in [0.15, 0.2) is 6.61 Å². The first-order chi connectivity index (χ1) is 16.5. The van der Waals surface area contributed by atoms with Gasteiger partial charge >= 0.3 is 5.97 Å². The summed E-state index contributed by atoms with van der Waals surface area (Å²) in [4.78, 5) is 34.0. The van der Waals surface area contributed by atoms with Crippen LogP contribution in [0.1, 0.15) is 37.0 Å². The Hall–Kier alpha value is -3.87. The highest BCUT2D eigenvalue weighted by atomic mass is 16.5. The number of carbonyl (C=O) groups is 2. The largest absolute Gasteiger partial charge is 0.452 e. The number of nitrogens with one attached hydrogen (secondary N) is 1. The number of para-hydroxylation sites is 1. The number of aromatic nitrogens is 1. The third-order valence-electron chi connectivity index (χ3n) is 5.73. The Labute approximate surface area is 200 Å². The van der Waals surface area contributed by atoms with E-state index < -0.39 is 5.97 Å². The molecule has 3 aromatic rings. The van der Waals surface area contributed by atoms with E-state index in [9.17, 15) is 9.59 Å². The minimum absolute atomic E-state index is 0.0994. The Kier molecular flexibility index (Phi) is 7.42. The first-order valence-corrected chi connectivity index (χ1v) is 11.6. The number of pyridine rings is 1. The molecule has 0 saturated carbocycles. The van der Waals surface area contributed by atoms with E-state index in [1.165, 1.54) is 0 Å².